The highest BCUT2D eigenvalue weighted by atomic mass is 32.1. The molecule has 2 heterocycles. The number of hydrogen-bond donors (Lipinski definition) is 1. The molecule has 0 bridgehead atoms. The van der Waals surface area contributed by atoms with Crippen LogP contribution in [0.5, 0.6) is 0 Å². The third-order valence-electron chi connectivity index (χ3n) is 3.13. The smallest absolute Gasteiger partial charge is 0.182 e. The number of hydrogen-bond acceptors (Lipinski definition) is 4. The van der Waals surface area contributed by atoms with Crippen LogP contribution >= 0.6 is 11.3 Å². The zero-order valence-electron chi connectivity index (χ0n) is 11.4. The van der Waals surface area contributed by atoms with Crippen molar-refractivity contribution in [3.05, 3.63) is 28.0 Å². The first kappa shape index (κ1) is 13.1. The Hall–Kier alpha value is -1.36. The summed E-state index contributed by atoms with van der Waals surface area (Å²) in [5.41, 5.74) is 3.63. The van der Waals surface area contributed by atoms with Crippen molar-refractivity contribution in [3.63, 3.8) is 0 Å². The van der Waals surface area contributed by atoms with Crippen molar-refractivity contribution in [2.45, 2.75) is 40.7 Å². The van der Waals surface area contributed by atoms with Crippen LogP contribution in [0.4, 0.5) is 5.13 Å². The highest BCUT2D eigenvalue weighted by Gasteiger charge is 2.09. The summed E-state index contributed by atoms with van der Waals surface area (Å²) in [6.07, 6.45) is 3.06. The maximum atomic E-state index is 4.55. The Balaban J connectivity index is 2.09. The molecule has 0 aliphatic carbocycles. The molecule has 18 heavy (non-hydrogen) atoms. The van der Waals surface area contributed by atoms with Crippen LogP contribution in [0.1, 0.15) is 35.2 Å². The Bertz CT molecular complexity index is 527. The van der Waals surface area contributed by atoms with Crippen molar-refractivity contribution in [2.75, 3.05) is 11.9 Å². The fourth-order valence-corrected chi connectivity index (χ4v) is 2.60. The van der Waals surface area contributed by atoms with E-state index < -0.39 is 0 Å². The molecule has 2 aromatic heterocycles. The maximum Gasteiger partial charge on any atom is 0.182 e. The van der Waals surface area contributed by atoms with Gasteiger partial charge in [0, 0.05) is 23.3 Å². The third-order valence-corrected chi connectivity index (χ3v) is 4.07. The van der Waals surface area contributed by atoms with Crippen LogP contribution < -0.4 is 5.32 Å². The van der Waals surface area contributed by atoms with E-state index in [1.54, 1.807) is 11.3 Å². The molecule has 2 aromatic rings. The number of nitrogens with one attached hydrogen (secondary N) is 1. The van der Waals surface area contributed by atoms with Gasteiger partial charge in [0.05, 0.1) is 12.2 Å². The fraction of sp³-hybridized carbons (Fsp3) is 0.538. The quantitative estimate of drug-likeness (QED) is 0.902. The standard InChI is InChI=1S/C13H20N4S/c1-5-6-14-13-15-7-12(18-13)8-17-11(4)9(2)10(3)16-17/h7H,5-6,8H2,1-4H3,(H,14,15). The van der Waals surface area contributed by atoms with E-state index in [-0.39, 0.29) is 0 Å². The minimum absolute atomic E-state index is 0.811. The SMILES string of the molecule is CCCNc1ncc(Cn2nc(C)c(C)c2C)s1. The van der Waals surface area contributed by atoms with Crippen LogP contribution in [0.25, 0.3) is 0 Å². The molecule has 0 saturated carbocycles. The molecule has 0 unspecified atom stereocenters. The van der Waals surface area contributed by atoms with Gasteiger partial charge in [-0.15, -0.1) is 11.3 Å². The molecule has 0 radical (unpaired) electrons. The third kappa shape index (κ3) is 2.72. The van der Waals surface area contributed by atoms with Gasteiger partial charge in [-0.05, 0) is 32.8 Å². The van der Waals surface area contributed by atoms with Gasteiger partial charge in [0.15, 0.2) is 5.13 Å². The summed E-state index contributed by atoms with van der Waals surface area (Å²) in [4.78, 5) is 5.61. The van der Waals surface area contributed by atoms with Gasteiger partial charge in [-0.25, -0.2) is 4.98 Å². The summed E-state index contributed by atoms with van der Waals surface area (Å²) in [6.45, 7) is 10.2. The van der Waals surface area contributed by atoms with Gasteiger partial charge >= 0.3 is 0 Å². The predicted octanol–water partition coefficient (Wildman–Crippen LogP) is 3.14. The molecule has 2 rings (SSSR count). The van der Waals surface area contributed by atoms with Crippen molar-refractivity contribution < 1.29 is 0 Å². The summed E-state index contributed by atoms with van der Waals surface area (Å²) < 4.78 is 2.06. The van der Waals surface area contributed by atoms with Gasteiger partial charge in [0.1, 0.15) is 0 Å². The van der Waals surface area contributed by atoms with E-state index in [0.717, 1.165) is 30.3 Å². The molecule has 4 nitrogen and oxygen atoms in total. The average molecular weight is 264 g/mol. The molecule has 5 heteroatoms. The first-order chi connectivity index (χ1) is 8.61. The average Bonchev–Trinajstić information content (AvgIpc) is 2.89. The van der Waals surface area contributed by atoms with E-state index in [4.69, 9.17) is 0 Å². The zero-order chi connectivity index (χ0) is 13.1. The van der Waals surface area contributed by atoms with E-state index in [9.17, 15) is 0 Å². The lowest BCUT2D eigenvalue weighted by atomic mass is 10.2. The molecule has 0 fully saturated rings. The lowest BCUT2D eigenvalue weighted by Crippen LogP contribution is -2.02. The van der Waals surface area contributed by atoms with Crippen LogP contribution in [0.3, 0.4) is 0 Å². The molecule has 1 N–H and O–H groups in total. The topological polar surface area (TPSA) is 42.7 Å². The molecule has 0 aliphatic heterocycles. The van der Waals surface area contributed by atoms with Crippen molar-refractivity contribution in [3.8, 4) is 0 Å². The molecule has 0 spiro atoms. The highest BCUT2D eigenvalue weighted by molar-refractivity contribution is 7.15. The zero-order valence-corrected chi connectivity index (χ0v) is 12.3. The van der Waals surface area contributed by atoms with E-state index in [1.165, 1.54) is 16.1 Å². The molecule has 0 aromatic carbocycles. The normalized spacial score (nSPS) is 10.9. The number of aromatic nitrogens is 3. The number of thiazole rings is 1. The number of rotatable bonds is 5. The van der Waals surface area contributed by atoms with E-state index in [2.05, 4.69) is 47.8 Å². The first-order valence-electron chi connectivity index (χ1n) is 6.31. The Morgan fingerprint density at radius 2 is 2.11 bits per heavy atom. The molecule has 0 saturated heterocycles. The van der Waals surface area contributed by atoms with Gasteiger partial charge in [-0.1, -0.05) is 6.92 Å². The fourth-order valence-electron chi connectivity index (χ4n) is 1.78. The van der Waals surface area contributed by atoms with Gasteiger partial charge < -0.3 is 5.32 Å². The minimum atomic E-state index is 0.811. The van der Waals surface area contributed by atoms with Crippen molar-refractivity contribution in [1.29, 1.82) is 0 Å². The van der Waals surface area contributed by atoms with Gasteiger partial charge in [0.25, 0.3) is 0 Å². The monoisotopic (exact) mass is 264 g/mol. The molecule has 0 aliphatic rings. The van der Waals surface area contributed by atoms with Gasteiger partial charge in [0.2, 0.25) is 0 Å². The second kappa shape index (κ2) is 5.52. The molecular weight excluding hydrogens is 244 g/mol. The second-order valence-corrected chi connectivity index (χ2v) is 5.63. The Morgan fingerprint density at radius 3 is 2.72 bits per heavy atom. The van der Waals surface area contributed by atoms with Crippen LogP contribution in [0.15, 0.2) is 6.20 Å². The first-order valence-corrected chi connectivity index (χ1v) is 7.12. The van der Waals surface area contributed by atoms with Crippen LogP contribution in [0.2, 0.25) is 0 Å². The lowest BCUT2D eigenvalue weighted by molar-refractivity contribution is 0.664. The Morgan fingerprint density at radius 1 is 1.33 bits per heavy atom. The molecular formula is C13H20N4S. The van der Waals surface area contributed by atoms with Crippen molar-refractivity contribution in [2.24, 2.45) is 0 Å². The van der Waals surface area contributed by atoms with E-state index >= 15 is 0 Å². The summed E-state index contributed by atoms with van der Waals surface area (Å²) in [7, 11) is 0. The van der Waals surface area contributed by atoms with E-state index in [1.807, 2.05) is 6.20 Å². The van der Waals surface area contributed by atoms with E-state index in [0.29, 0.717) is 0 Å². The summed E-state index contributed by atoms with van der Waals surface area (Å²) >= 11 is 1.71. The summed E-state index contributed by atoms with van der Waals surface area (Å²) in [5, 5.41) is 8.87. The molecule has 0 atom stereocenters. The Kier molecular flexibility index (Phi) is 4.01. The van der Waals surface area contributed by atoms with Crippen LogP contribution in [-0.2, 0) is 6.54 Å². The summed E-state index contributed by atoms with van der Waals surface area (Å²) in [6, 6.07) is 0. The number of aryl methyl sites for hydroxylation is 1. The number of nitrogens with zero attached hydrogens (tertiary/aromatic N) is 3. The number of anilines is 1. The van der Waals surface area contributed by atoms with Crippen molar-refractivity contribution in [1.82, 2.24) is 14.8 Å². The second-order valence-electron chi connectivity index (χ2n) is 4.51. The largest absolute Gasteiger partial charge is 0.362 e. The van der Waals surface area contributed by atoms with Gasteiger partial charge in [-0.3, -0.25) is 4.68 Å². The van der Waals surface area contributed by atoms with Crippen LogP contribution in [-0.4, -0.2) is 21.3 Å². The van der Waals surface area contributed by atoms with Gasteiger partial charge in [-0.2, -0.15) is 5.10 Å². The van der Waals surface area contributed by atoms with Crippen molar-refractivity contribution >= 4 is 16.5 Å². The highest BCUT2D eigenvalue weighted by Crippen LogP contribution is 2.20. The lowest BCUT2D eigenvalue weighted by Gasteiger charge is -2.01. The molecule has 98 valence electrons. The van der Waals surface area contributed by atoms with Crippen LogP contribution in [0, 0.1) is 20.8 Å². The maximum absolute atomic E-state index is 4.55. The predicted molar refractivity (Wildman–Crippen MR) is 76.4 cm³/mol. The Labute approximate surface area is 112 Å². The summed E-state index contributed by atoms with van der Waals surface area (Å²) in [5.74, 6) is 0. The molecule has 0 amide bonds. The minimum Gasteiger partial charge on any atom is -0.362 e.